The Morgan fingerprint density at radius 2 is 1.68 bits per heavy atom. The second-order valence-electron chi connectivity index (χ2n) is 4.98. The minimum atomic E-state index is -0.398. The summed E-state index contributed by atoms with van der Waals surface area (Å²) in [5, 5.41) is 0. The normalized spacial score (nSPS) is 10.4. The minimum Gasteiger partial charge on any atom is -0.425 e. The molecule has 0 aliphatic carbocycles. The summed E-state index contributed by atoms with van der Waals surface area (Å²) in [4.78, 5) is 22.5. The number of carbonyl (C=O) groups excluding carboxylic acids is 2. The zero-order valence-corrected chi connectivity index (χ0v) is 16.2. The third-order valence-corrected chi connectivity index (χ3v) is 4.47. The van der Waals surface area contributed by atoms with Crippen LogP contribution in [0.4, 0.5) is 0 Å². The highest BCUT2D eigenvalue weighted by atomic mass is 79.9. The molecule has 0 saturated heterocycles. The Balaban J connectivity index is 3.15. The first-order valence-electron chi connectivity index (χ1n) is 7.24. The summed E-state index contributed by atoms with van der Waals surface area (Å²) in [5.74, 6) is 0.111. The van der Waals surface area contributed by atoms with Crippen molar-refractivity contribution in [3.63, 3.8) is 0 Å². The van der Waals surface area contributed by atoms with Gasteiger partial charge < -0.3 is 9.47 Å². The molecule has 0 radical (unpaired) electrons. The molecule has 4 nitrogen and oxygen atoms in total. The highest BCUT2D eigenvalue weighted by Gasteiger charge is 2.19. The van der Waals surface area contributed by atoms with Crippen LogP contribution in [0.25, 0.3) is 0 Å². The Kier molecular flexibility index (Phi) is 8.10. The van der Waals surface area contributed by atoms with Gasteiger partial charge in [0.25, 0.3) is 0 Å². The second-order valence-corrected chi connectivity index (χ2v) is 6.62. The fraction of sp³-hybridized carbons (Fsp3) is 0.500. The first-order valence-corrected chi connectivity index (χ1v) is 8.83. The molecular weight excluding hydrogens is 416 g/mol. The Morgan fingerprint density at radius 1 is 1.05 bits per heavy atom. The molecule has 0 heterocycles. The standard InChI is InChI=1S/C16H20Br2O4/c1-4-5-6-7-8-12-15(18)14(21-10(2)19)9-13(17)16(12)22-11(3)20/h9H,4-8H2,1-3H3. The molecule has 0 aliphatic rings. The van der Waals surface area contributed by atoms with E-state index in [4.69, 9.17) is 9.47 Å². The molecule has 1 aromatic rings. The quantitative estimate of drug-likeness (QED) is 0.336. The average Bonchev–Trinajstić information content (AvgIpc) is 2.42. The molecule has 0 atom stereocenters. The number of esters is 2. The van der Waals surface area contributed by atoms with E-state index < -0.39 is 5.97 Å². The smallest absolute Gasteiger partial charge is 0.308 e. The van der Waals surface area contributed by atoms with Crippen LogP contribution in [-0.4, -0.2) is 11.9 Å². The van der Waals surface area contributed by atoms with Gasteiger partial charge in [0.2, 0.25) is 0 Å². The van der Waals surface area contributed by atoms with E-state index in [9.17, 15) is 9.59 Å². The van der Waals surface area contributed by atoms with Crippen molar-refractivity contribution in [3.05, 3.63) is 20.6 Å². The lowest BCUT2D eigenvalue weighted by Crippen LogP contribution is -2.08. The third kappa shape index (κ3) is 5.72. The largest absolute Gasteiger partial charge is 0.425 e. The van der Waals surface area contributed by atoms with Gasteiger partial charge in [-0.25, -0.2) is 0 Å². The molecule has 6 heteroatoms. The topological polar surface area (TPSA) is 52.6 Å². The number of rotatable bonds is 7. The van der Waals surface area contributed by atoms with Crippen molar-refractivity contribution in [1.29, 1.82) is 0 Å². The second kappa shape index (κ2) is 9.30. The van der Waals surface area contributed by atoms with Gasteiger partial charge >= 0.3 is 11.9 Å². The van der Waals surface area contributed by atoms with Crippen LogP contribution >= 0.6 is 31.9 Å². The third-order valence-electron chi connectivity index (χ3n) is 3.01. The molecule has 122 valence electrons. The van der Waals surface area contributed by atoms with E-state index in [1.807, 2.05) is 0 Å². The summed E-state index contributed by atoms with van der Waals surface area (Å²) in [6.45, 7) is 4.86. The van der Waals surface area contributed by atoms with Crippen LogP contribution in [-0.2, 0) is 16.0 Å². The minimum absolute atomic E-state index is 0.386. The first-order chi connectivity index (χ1) is 10.4. The van der Waals surface area contributed by atoms with Crippen LogP contribution in [0.3, 0.4) is 0 Å². The predicted octanol–water partition coefficient (Wildman–Crippen LogP) is 5.19. The van der Waals surface area contributed by atoms with E-state index in [1.54, 1.807) is 6.07 Å². The lowest BCUT2D eigenvalue weighted by Gasteiger charge is -2.16. The van der Waals surface area contributed by atoms with Crippen molar-refractivity contribution in [2.24, 2.45) is 0 Å². The van der Waals surface area contributed by atoms with Crippen molar-refractivity contribution in [3.8, 4) is 11.5 Å². The average molecular weight is 436 g/mol. The number of hydrogen-bond acceptors (Lipinski definition) is 4. The van der Waals surface area contributed by atoms with E-state index in [-0.39, 0.29) is 5.97 Å². The summed E-state index contributed by atoms with van der Waals surface area (Å²) in [6, 6.07) is 1.62. The van der Waals surface area contributed by atoms with E-state index in [0.717, 1.165) is 37.7 Å². The van der Waals surface area contributed by atoms with Gasteiger partial charge in [-0.2, -0.15) is 0 Å². The molecule has 0 N–H and O–H groups in total. The van der Waals surface area contributed by atoms with Crippen molar-refractivity contribution >= 4 is 43.8 Å². The van der Waals surface area contributed by atoms with Crippen LogP contribution in [0.1, 0.15) is 52.0 Å². The SMILES string of the molecule is CCCCCCc1c(Br)c(OC(C)=O)cc(Br)c1OC(C)=O. The van der Waals surface area contributed by atoms with Gasteiger partial charge in [-0.05, 0) is 44.7 Å². The van der Waals surface area contributed by atoms with Crippen LogP contribution in [0, 0.1) is 0 Å². The summed E-state index contributed by atoms with van der Waals surface area (Å²) in [6.07, 6.45) is 5.10. The highest BCUT2D eigenvalue weighted by molar-refractivity contribution is 9.11. The summed E-state index contributed by atoms with van der Waals surface area (Å²) < 4.78 is 11.8. The predicted molar refractivity (Wildman–Crippen MR) is 92.3 cm³/mol. The zero-order valence-electron chi connectivity index (χ0n) is 13.0. The maximum Gasteiger partial charge on any atom is 0.308 e. The van der Waals surface area contributed by atoms with E-state index >= 15 is 0 Å². The number of unbranched alkanes of at least 4 members (excludes halogenated alkanes) is 3. The molecule has 0 fully saturated rings. The summed E-state index contributed by atoms with van der Waals surface area (Å²) in [5.41, 5.74) is 0.830. The first kappa shape index (κ1) is 19.2. The molecule has 0 aromatic heterocycles. The zero-order chi connectivity index (χ0) is 16.7. The van der Waals surface area contributed by atoms with Crippen molar-refractivity contribution in [2.75, 3.05) is 0 Å². The summed E-state index contributed by atoms with van der Waals surface area (Å²) in [7, 11) is 0. The van der Waals surface area contributed by atoms with E-state index in [0.29, 0.717) is 20.4 Å². The molecule has 0 aliphatic heterocycles. The Hall–Kier alpha value is -0.880. The van der Waals surface area contributed by atoms with Gasteiger partial charge in [-0.15, -0.1) is 0 Å². The lowest BCUT2D eigenvalue weighted by atomic mass is 10.0. The monoisotopic (exact) mass is 434 g/mol. The van der Waals surface area contributed by atoms with Crippen molar-refractivity contribution in [1.82, 2.24) is 0 Å². The lowest BCUT2D eigenvalue weighted by molar-refractivity contribution is -0.133. The number of benzene rings is 1. The number of hydrogen-bond donors (Lipinski definition) is 0. The van der Waals surface area contributed by atoms with Gasteiger partial charge in [0, 0.05) is 25.5 Å². The summed E-state index contributed by atoms with van der Waals surface area (Å²) >= 11 is 6.85. The van der Waals surface area contributed by atoms with Crippen molar-refractivity contribution in [2.45, 2.75) is 52.9 Å². The van der Waals surface area contributed by atoms with E-state index in [1.165, 1.54) is 13.8 Å². The number of carbonyl (C=O) groups is 2. The number of halogens is 2. The van der Waals surface area contributed by atoms with Crippen LogP contribution in [0.5, 0.6) is 11.5 Å². The maximum absolute atomic E-state index is 11.3. The molecule has 22 heavy (non-hydrogen) atoms. The molecule has 0 spiro atoms. The van der Waals surface area contributed by atoms with Gasteiger partial charge in [-0.1, -0.05) is 26.2 Å². The molecular formula is C16H20Br2O4. The molecule has 1 aromatic carbocycles. The van der Waals surface area contributed by atoms with E-state index in [2.05, 4.69) is 38.8 Å². The fourth-order valence-electron chi connectivity index (χ4n) is 2.07. The van der Waals surface area contributed by atoms with Crippen LogP contribution < -0.4 is 9.47 Å². The molecule has 0 unspecified atom stereocenters. The fourth-order valence-corrected chi connectivity index (χ4v) is 3.17. The molecule has 1 rings (SSSR count). The Labute approximate surface area is 147 Å². The molecule has 0 saturated carbocycles. The van der Waals surface area contributed by atoms with Gasteiger partial charge in [-0.3, -0.25) is 9.59 Å². The van der Waals surface area contributed by atoms with Gasteiger partial charge in [0.1, 0.15) is 11.5 Å². The highest BCUT2D eigenvalue weighted by Crippen LogP contribution is 2.42. The molecule has 0 bridgehead atoms. The van der Waals surface area contributed by atoms with Crippen molar-refractivity contribution < 1.29 is 19.1 Å². The maximum atomic E-state index is 11.3. The number of ether oxygens (including phenoxy) is 2. The van der Waals surface area contributed by atoms with Crippen LogP contribution in [0.2, 0.25) is 0 Å². The van der Waals surface area contributed by atoms with Gasteiger partial charge in [0.15, 0.2) is 0 Å². The Bertz CT molecular complexity index is 556. The van der Waals surface area contributed by atoms with Gasteiger partial charge in [0.05, 0.1) is 8.95 Å². The Morgan fingerprint density at radius 3 is 2.23 bits per heavy atom. The van der Waals surface area contributed by atoms with Crippen LogP contribution in [0.15, 0.2) is 15.0 Å². The molecule has 0 amide bonds.